The van der Waals surface area contributed by atoms with Crippen LogP contribution in [-0.4, -0.2) is 42.5 Å². The number of carboxylic acid groups (broad SMARTS) is 1. The molecule has 1 aliphatic heterocycles. The summed E-state index contributed by atoms with van der Waals surface area (Å²) in [5.74, 6) is -0.695. The fourth-order valence-corrected chi connectivity index (χ4v) is 2.03. The molecule has 0 aliphatic carbocycles. The highest BCUT2D eigenvalue weighted by atomic mass is 16.5. The molecule has 18 heavy (non-hydrogen) atoms. The lowest BCUT2D eigenvalue weighted by Crippen LogP contribution is -2.36. The zero-order chi connectivity index (χ0) is 13.0. The van der Waals surface area contributed by atoms with Crippen LogP contribution in [0, 0.1) is 0 Å². The highest BCUT2D eigenvalue weighted by Crippen LogP contribution is 2.25. The van der Waals surface area contributed by atoms with E-state index in [2.05, 4.69) is 4.90 Å². The minimum absolute atomic E-state index is 0.0279. The van der Waals surface area contributed by atoms with Crippen molar-refractivity contribution in [1.82, 2.24) is 0 Å². The monoisotopic (exact) mass is 251 g/mol. The number of aromatic hydroxyl groups is 1. The van der Waals surface area contributed by atoms with Crippen molar-refractivity contribution in [3.05, 3.63) is 23.8 Å². The van der Waals surface area contributed by atoms with Gasteiger partial charge in [-0.15, -0.1) is 0 Å². The van der Waals surface area contributed by atoms with Crippen molar-refractivity contribution in [1.29, 1.82) is 0 Å². The third-order valence-electron chi connectivity index (χ3n) is 3.05. The lowest BCUT2D eigenvalue weighted by Gasteiger charge is -2.29. The molecule has 5 nitrogen and oxygen atoms in total. The summed E-state index contributed by atoms with van der Waals surface area (Å²) >= 11 is 0. The SMILES string of the molecule is O=C(O)CCc1cc(N2CCOCC2)ccc1O. The Kier molecular flexibility index (Phi) is 4.04. The van der Waals surface area contributed by atoms with Crippen LogP contribution in [0.3, 0.4) is 0 Å². The van der Waals surface area contributed by atoms with Gasteiger partial charge in [-0.05, 0) is 30.2 Å². The van der Waals surface area contributed by atoms with Gasteiger partial charge in [0.05, 0.1) is 13.2 Å². The second kappa shape index (κ2) is 5.73. The second-order valence-corrected chi connectivity index (χ2v) is 4.31. The average Bonchev–Trinajstić information content (AvgIpc) is 2.38. The number of ether oxygens (including phenoxy) is 1. The van der Waals surface area contributed by atoms with E-state index in [-0.39, 0.29) is 12.2 Å². The summed E-state index contributed by atoms with van der Waals surface area (Å²) in [6.45, 7) is 3.04. The van der Waals surface area contributed by atoms with Gasteiger partial charge in [-0.25, -0.2) is 0 Å². The van der Waals surface area contributed by atoms with E-state index in [1.54, 1.807) is 6.07 Å². The molecule has 0 atom stereocenters. The number of carbonyl (C=O) groups is 1. The van der Waals surface area contributed by atoms with Crippen molar-refractivity contribution in [2.75, 3.05) is 31.2 Å². The zero-order valence-corrected chi connectivity index (χ0v) is 10.1. The van der Waals surface area contributed by atoms with Crippen LogP contribution in [0.4, 0.5) is 5.69 Å². The predicted molar refractivity (Wildman–Crippen MR) is 67.1 cm³/mol. The number of benzene rings is 1. The average molecular weight is 251 g/mol. The van der Waals surface area contributed by atoms with Crippen molar-refractivity contribution in [2.24, 2.45) is 0 Å². The van der Waals surface area contributed by atoms with E-state index < -0.39 is 5.97 Å². The quantitative estimate of drug-likeness (QED) is 0.842. The molecule has 0 saturated carbocycles. The smallest absolute Gasteiger partial charge is 0.303 e. The second-order valence-electron chi connectivity index (χ2n) is 4.31. The van der Waals surface area contributed by atoms with Gasteiger partial charge in [0.2, 0.25) is 0 Å². The Labute approximate surface area is 106 Å². The third kappa shape index (κ3) is 3.13. The number of aliphatic carboxylic acids is 1. The number of aryl methyl sites for hydroxylation is 1. The number of anilines is 1. The molecule has 2 N–H and O–H groups in total. The molecular formula is C13H17NO4. The maximum absolute atomic E-state index is 10.6. The normalized spacial score (nSPS) is 15.7. The zero-order valence-electron chi connectivity index (χ0n) is 10.1. The van der Waals surface area contributed by atoms with Gasteiger partial charge in [-0.2, -0.15) is 0 Å². The number of phenols is 1. The Bertz CT molecular complexity index is 427. The van der Waals surface area contributed by atoms with Crippen LogP contribution in [0.15, 0.2) is 18.2 Å². The van der Waals surface area contributed by atoms with Gasteiger partial charge >= 0.3 is 5.97 Å². The van der Waals surface area contributed by atoms with Crippen LogP contribution in [0.5, 0.6) is 5.75 Å². The van der Waals surface area contributed by atoms with E-state index >= 15 is 0 Å². The van der Waals surface area contributed by atoms with Crippen molar-refractivity contribution < 1.29 is 19.7 Å². The number of carboxylic acids is 1. The molecule has 0 amide bonds. The van der Waals surface area contributed by atoms with Gasteiger partial charge in [-0.3, -0.25) is 4.79 Å². The van der Waals surface area contributed by atoms with Gasteiger partial charge in [0.1, 0.15) is 5.75 Å². The van der Waals surface area contributed by atoms with Gasteiger partial charge < -0.3 is 19.8 Å². The van der Waals surface area contributed by atoms with Crippen LogP contribution in [0.25, 0.3) is 0 Å². The van der Waals surface area contributed by atoms with Crippen molar-refractivity contribution in [3.8, 4) is 5.75 Å². The van der Waals surface area contributed by atoms with Crippen LogP contribution in [0.1, 0.15) is 12.0 Å². The first-order valence-corrected chi connectivity index (χ1v) is 6.03. The van der Waals surface area contributed by atoms with E-state index in [9.17, 15) is 9.90 Å². The van der Waals surface area contributed by atoms with Gasteiger partial charge in [-0.1, -0.05) is 0 Å². The molecule has 1 fully saturated rings. The largest absolute Gasteiger partial charge is 0.508 e. The summed E-state index contributed by atoms with van der Waals surface area (Å²) < 4.78 is 5.29. The molecule has 1 saturated heterocycles. The third-order valence-corrected chi connectivity index (χ3v) is 3.05. The number of phenolic OH excluding ortho intramolecular Hbond substituents is 1. The number of morpholine rings is 1. The lowest BCUT2D eigenvalue weighted by atomic mass is 10.1. The molecule has 1 heterocycles. The number of hydrogen-bond acceptors (Lipinski definition) is 4. The van der Waals surface area contributed by atoms with E-state index in [1.807, 2.05) is 12.1 Å². The van der Waals surface area contributed by atoms with Gasteiger partial charge in [0.25, 0.3) is 0 Å². The minimum atomic E-state index is -0.855. The molecule has 2 rings (SSSR count). The van der Waals surface area contributed by atoms with E-state index in [0.717, 1.165) is 18.8 Å². The summed E-state index contributed by atoms with van der Waals surface area (Å²) in [5, 5.41) is 18.4. The molecule has 5 heteroatoms. The number of hydrogen-bond donors (Lipinski definition) is 2. The molecule has 98 valence electrons. The highest BCUT2D eigenvalue weighted by molar-refractivity contribution is 5.67. The summed E-state index contributed by atoms with van der Waals surface area (Å²) in [6.07, 6.45) is 0.374. The first-order chi connectivity index (χ1) is 8.66. The Morgan fingerprint density at radius 3 is 2.72 bits per heavy atom. The molecule has 0 unspecified atom stereocenters. The summed E-state index contributed by atoms with van der Waals surface area (Å²) in [5.41, 5.74) is 1.69. The van der Waals surface area contributed by atoms with Crippen molar-refractivity contribution >= 4 is 11.7 Å². The molecule has 0 radical (unpaired) electrons. The fourth-order valence-electron chi connectivity index (χ4n) is 2.03. The Morgan fingerprint density at radius 1 is 1.33 bits per heavy atom. The maximum atomic E-state index is 10.6. The maximum Gasteiger partial charge on any atom is 0.303 e. The first-order valence-electron chi connectivity index (χ1n) is 6.03. The Balaban J connectivity index is 2.11. The van der Waals surface area contributed by atoms with Crippen LogP contribution < -0.4 is 4.90 Å². The standard InChI is InChI=1S/C13H17NO4/c15-12-3-2-11(14-5-7-18-8-6-14)9-10(12)1-4-13(16)17/h2-3,9,15H,1,4-8H2,(H,16,17). The molecule has 0 aromatic heterocycles. The summed E-state index contributed by atoms with van der Waals surface area (Å²) in [4.78, 5) is 12.7. The molecule has 1 aromatic carbocycles. The van der Waals surface area contributed by atoms with E-state index in [0.29, 0.717) is 25.2 Å². The predicted octanol–water partition coefficient (Wildman–Crippen LogP) is 1.25. The van der Waals surface area contributed by atoms with E-state index in [4.69, 9.17) is 9.84 Å². The minimum Gasteiger partial charge on any atom is -0.508 e. The molecule has 0 bridgehead atoms. The van der Waals surface area contributed by atoms with Crippen LogP contribution in [0.2, 0.25) is 0 Å². The first kappa shape index (κ1) is 12.7. The Hall–Kier alpha value is -1.75. The van der Waals surface area contributed by atoms with Gasteiger partial charge in [0, 0.05) is 25.2 Å². The van der Waals surface area contributed by atoms with Crippen LogP contribution >= 0.6 is 0 Å². The van der Waals surface area contributed by atoms with Crippen LogP contribution in [-0.2, 0) is 16.0 Å². The highest BCUT2D eigenvalue weighted by Gasteiger charge is 2.13. The summed E-state index contributed by atoms with van der Waals surface area (Å²) in [7, 11) is 0. The lowest BCUT2D eigenvalue weighted by molar-refractivity contribution is -0.136. The summed E-state index contributed by atoms with van der Waals surface area (Å²) in [6, 6.07) is 5.34. The van der Waals surface area contributed by atoms with Crippen molar-refractivity contribution in [2.45, 2.75) is 12.8 Å². The van der Waals surface area contributed by atoms with Crippen molar-refractivity contribution in [3.63, 3.8) is 0 Å². The fraction of sp³-hybridized carbons (Fsp3) is 0.462. The van der Waals surface area contributed by atoms with E-state index in [1.165, 1.54) is 0 Å². The molecule has 1 aromatic rings. The number of rotatable bonds is 4. The molecular weight excluding hydrogens is 234 g/mol. The van der Waals surface area contributed by atoms with Gasteiger partial charge in [0.15, 0.2) is 0 Å². The Morgan fingerprint density at radius 2 is 2.06 bits per heavy atom. The topological polar surface area (TPSA) is 70.0 Å². The molecule has 0 spiro atoms. The molecule has 1 aliphatic rings. The number of nitrogens with zero attached hydrogens (tertiary/aromatic N) is 1.